The van der Waals surface area contributed by atoms with Crippen molar-refractivity contribution in [1.29, 1.82) is 0 Å². The van der Waals surface area contributed by atoms with Crippen molar-refractivity contribution in [3.05, 3.63) is 0 Å². The van der Waals surface area contributed by atoms with E-state index in [0.29, 0.717) is 24.5 Å². The second-order valence-electron chi connectivity index (χ2n) is 5.32. The summed E-state index contributed by atoms with van der Waals surface area (Å²) in [5.74, 6) is 0.354. The number of hydrogen-bond donors (Lipinski definition) is 0. The van der Waals surface area contributed by atoms with Crippen LogP contribution in [0.3, 0.4) is 0 Å². The molecule has 0 aliphatic carbocycles. The van der Waals surface area contributed by atoms with Crippen LogP contribution < -0.4 is 0 Å². The molecular formula is C14H25NO2. The molecule has 2 aliphatic heterocycles. The average molecular weight is 239 g/mol. The lowest BCUT2D eigenvalue weighted by molar-refractivity contribution is -0.135. The molecule has 98 valence electrons. The van der Waals surface area contributed by atoms with Gasteiger partial charge in [-0.25, -0.2) is 0 Å². The lowest BCUT2D eigenvalue weighted by Gasteiger charge is -2.35. The zero-order valence-electron chi connectivity index (χ0n) is 11.0. The van der Waals surface area contributed by atoms with Crippen molar-refractivity contribution >= 4 is 5.91 Å². The smallest absolute Gasteiger partial charge is 0.222 e. The molecule has 3 nitrogen and oxygen atoms in total. The van der Waals surface area contributed by atoms with E-state index in [-0.39, 0.29) is 0 Å². The highest BCUT2D eigenvalue weighted by Gasteiger charge is 2.26. The summed E-state index contributed by atoms with van der Waals surface area (Å²) in [6, 6.07) is 0.501. The topological polar surface area (TPSA) is 29.5 Å². The number of hydrogen-bond acceptors (Lipinski definition) is 2. The SMILES string of the molecule is CC[C@@H]1CCCCN1C(=O)CC[C@H]1CCCO1. The Morgan fingerprint density at radius 1 is 1.29 bits per heavy atom. The van der Waals surface area contributed by atoms with E-state index in [2.05, 4.69) is 11.8 Å². The number of amides is 1. The lowest BCUT2D eigenvalue weighted by atomic mass is 9.99. The maximum atomic E-state index is 12.2. The number of carbonyl (C=O) groups excluding carboxylic acids is 1. The molecule has 0 saturated carbocycles. The molecule has 0 radical (unpaired) electrons. The zero-order valence-corrected chi connectivity index (χ0v) is 11.0. The summed E-state index contributed by atoms with van der Waals surface area (Å²) in [5, 5.41) is 0. The van der Waals surface area contributed by atoms with E-state index in [0.717, 1.165) is 32.4 Å². The maximum Gasteiger partial charge on any atom is 0.222 e. The van der Waals surface area contributed by atoms with Crippen LogP contribution in [0.5, 0.6) is 0 Å². The second kappa shape index (κ2) is 6.39. The first-order valence-electron chi connectivity index (χ1n) is 7.22. The Morgan fingerprint density at radius 2 is 2.18 bits per heavy atom. The Hall–Kier alpha value is -0.570. The van der Waals surface area contributed by atoms with Crippen LogP contribution in [-0.4, -0.2) is 36.1 Å². The second-order valence-corrected chi connectivity index (χ2v) is 5.32. The summed E-state index contributed by atoms with van der Waals surface area (Å²) in [7, 11) is 0. The maximum absolute atomic E-state index is 12.2. The van der Waals surface area contributed by atoms with Crippen LogP contribution in [0, 0.1) is 0 Å². The number of rotatable bonds is 4. The van der Waals surface area contributed by atoms with Crippen molar-refractivity contribution in [2.24, 2.45) is 0 Å². The molecule has 0 N–H and O–H groups in total. The van der Waals surface area contributed by atoms with Crippen molar-refractivity contribution in [3.8, 4) is 0 Å². The number of carbonyl (C=O) groups is 1. The molecule has 2 heterocycles. The summed E-state index contributed by atoms with van der Waals surface area (Å²) >= 11 is 0. The summed E-state index contributed by atoms with van der Waals surface area (Å²) in [6.07, 6.45) is 9.03. The lowest BCUT2D eigenvalue weighted by Crippen LogP contribution is -2.43. The van der Waals surface area contributed by atoms with Gasteiger partial charge in [-0.3, -0.25) is 4.79 Å². The summed E-state index contributed by atoms with van der Waals surface area (Å²) in [4.78, 5) is 14.3. The molecular weight excluding hydrogens is 214 g/mol. The van der Waals surface area contributed by atoms with E-state index in [4.69, 9.17) is 4.74 Å². The highest BCUT2D eigenvalue weighted by molar-refractivity contribution is 5.76. The normalized spacial score (nSPS) is 29.6. The van der Waals surface area contributed by atoms with Gasteiger partial charge in [0, 0.05) is 25.6 Å². The van der Waals surface area contributed by atoms with E-state index >= 15 is 0 Å². The number of ether oxygens (including phenoxy) is 1. The molecule has 0 bridgehead atoms. The molecule has 0 aromatic heterocycles. The van der Waals surface area contributed by atoms with Crippen LogP contribution in [0.2, 0.25) is 0 Å². The zero-order chi connectivity index (χ0) is 12.1. The van der Waals surface area contributed by atoms with Crippen LogP contribution in [0.4, 0.5) is 0 Å². The summed E-state index contributed by atoms with van der Waals surface area (Å²) in [5.41, 5.74) is 0. The third-order valence-corrected chi connectivity index (χ3v) is 4.12. The third kappa shape index (κ3) is 3.44. The molecule has 2 aliphatic rings. The summed E-state index contributed by atoms with van der Waals surface area (Å²) < 4.78 is 5.57. The molecule has 3 heteroatoms. The van der Waals surface area contributed by atoms with Crippen LogP contribution in [0.15, 0.2) is 0 Å². The van der Waals surface area contributed by atoms with Gasteiger partial charge >= 0.3 is 0 Å². The minimum Gasteiger partial charge on any atom is -0.378 e. The quantitative estimate of drug-likeness (QED) is 0.755. The van der Waals surface area contributed by atoms with Gasteiger partial charge in [0.2, 0.25) is 5.91 Å². The Morgan fingerprint density at radius 3 is 2.88 bits per heavy atom. The molecule has 0 aromatic carbocycles. The monoisotopic (exact) mass is 239 g/mol. The van der Waals surface area contributed by atoms with Gasteiger partial charge in [-0.2, -0.15) is 0 Å². The molecule has 0 unspecified atom stereocenters. The highest BCUT2D eigenvalue weighted by atomic mass is 16.5. The van der Waals surface area contributed by atoms with Gasteiger partial charge in [-0.15, -0.1) is 0 Å². The van der Waals surface area contributed by atoms with Crippen LogP contribution in [-0.2, 0) is 9.53 Å². The van der Waals surface area contributed by atoms with Crippen molar-refractivity contribution in [1.82, 2.24) is 4.90 Å². The average Bonchev–Trinajstić information content (AvgIpc) is 2.89. The minimum atomic E-state index is 0.351. The number of nitrogens with zero attached hydrogens (tertiary/aromatic N) is 1. The Bertz CT molecular complexity index is 249. The van der Waals surface area contributed by atoms with Crippen molar-refractivity contribution < 1.29 is 9.53 Å². The summed E-state index contributed by atoms with van der Waals surface area (Å²) in [6.45, 7) is 4.05. The van der Waals surface area contributed by atoms with Gasteiger partial charge in [-0.05, 0) is 44.9 Å². The van der Waals surface area contributed by atoms with E-state index < -0.39 is 0 Å². The first-order valence-corrected chi connectivity index (χ1v) is 7.22. The molecule has 17 heavy (non-hydrogen) atoms. The number of likely N-dealkylation sites (tertiary alicyclic amines) is 1. The van der Waals surface area contributed by atoms with Gasteiger partial charge in [0.15, 0.2) is 0 Å². The van der Waals surface area contributed by atoms with Crippen molar-refractivity contribution in [2.45, 2.75) is 70.4 Å². The number of piperidine rings is 1. The molecule has 1 amide bonds. The highest BCUT2D eigenvalue weighted by Crippen LogP contribution is 2.22. The molecule has 0 aromatic rings. The fourth-order valence-electron chi connectivity index (χ4n) is 3.05. The Kier molecular flexibility index (Phi) is 4.84. The Labute approximate surface area is 105 Å². The fraction of sp³-hybridized carbons (Fsp3) is 0.929. The molecule has 0 spiro atoms. The first kappa shape index (κ1) is 12.9. The predicted octanol–water partition coefficient (Wildman–Crippen LogP) is 2.74. The van der Waals surface area contributed by atoms with E-state index in [1.807, 2.05) is 0 Å². The molecule has 2 rings (SSSR count). The van der Waals surface area contributed by atoms with Crippen molar-refractivity contribution in [2.75, 3.05) is 13.2 Å². The minimum absolute atomic E-state index is 0.351. The van der Waals surface area contributed by atoms with Crippen LogP contribution >= 0.6 is 0 Å². The van der Waals surface area contributed by atoms with Crippen LogP contribution in [0.25, 0.3) is 0 Å². The molecule has 2 atom stereocenters. The first-order chi connectivity index (χ1) is 8.31. The third-order valence-electron chi connectivity index (χ3n) is 4.12. The van der Waals surface area contributed by atoms with E-state index in [1.54, 1.807) is 0 Å². The largest absolute Gasteiger partial charge is 0.378 e. The van der Waals surface area contributed by atoms with Gasteiger partial charge in [0.25, 0.3) is 0 Å². The van der Waals surface area contributed by atoms with Gasteiger partial charge < -0.3 is 9.64 Å². The van der Waals surface area contributed by atoms with E-state index in [9.17, 15) is 4.79 Å². The van der Waals surface area contributed by atoms with Gasteiger partial charge in [0.05, 0.1) is 6.10 Å². The predicted molar refractivity (Wildman–Crippen MR) is 67.9 cm³/mol. The fourth-order valence-corrected chi connectivity index (χ4v) is 3.05. The Balaban J connectivity index is 1.76. The van der Waals surface area contributed by atoms with Crippen LogP contribution in [0.1, 0.15) is 58.3 Å². The standard InChI is InChI=1S/C14H25NO2/c1-2-12-6-3-4-10-15(12)14(16)9-8-13-7-5-11-17-13/h12-13H,2-11H2,1H3/t12-,13-/m1/s1. The van der Waals surface area contributed by atoms with Gasteiger partial charge in [0.1, 0.15) is 0 Å². The van der Waals surface area contributed by atoms with Gasteiger partial charge in [-0.1, -0.05) is 6.92 Å². The van der Waals surface area contributed by atoms with E-state index in [1.165, 1.54) is 25.7 Å². The van der Waals surface area contributed by atoms with Crippen molar-refractivity contribution in [3.63, 3.8) is 0 Å². The molecule has 2 fully saturated rings. The molecule has 2 saturated heterocycles.